The number of nitrogens with one attached hydrogen (secondary N) is 1. The topological polar surface area (TPSA) is 62.5 Å². The lowest BCUT2D eigenvalue weighted by molar-refractivity contribution is 0.0856. The molecule has 0 spiro atoms. The second kappa shape index (κ2) is 4.55. The van der Waals surface area contributed by atoms with E-state index in [0.29, 0.717) is 17.7 Å². The van der Waals surface area contributed by atoms with Gasteiger partial charge in [0.15, 0.2) is 0 Å². The van der Waals surface area contributed by atoms with Crippen LogP contribution < -0.4 is 5.32 Å². The molecule has 1 amide bonds. The first-order chi connectivity index (χ1) is 9.16. The summed E-state index contributed by atoms with van der Waals surface area (Å²) in [5.41, 5.74) is 2.59. The molecule has 98 valence electrons. The Morgan fingerprint density at radius 1 is 1.37 bits per heavy atom. The fourth-order valence-corrected chi connectivity index (χ4v) is 2.59. The van der Waals surface area contributed by atoms with E-state index in [2.05, 4.69) is 5.32 Å². The van der Waals surface area contributed by atoms with Crippen molar-refractivity contribution in [2.75, 3.05) is 0 Å². The second-order valence-electron chi connectivity index (χ2n) is 4.81. The number of furan rings is 1. The van der Waals surface area contributed by atoms with Gasteiger partial charge in [-0.15, -0.1) is 0 Å². The third-order valence-corrected chi connectivity index (χ3v) is 3.59. The van der Waals surface area contributed by atoms with E-state index in [-0.39, 0.29) is 11.9 Å². The third-order valence-electron chi connectivity index (χ3n) is 3.59. The summed E-state index contributed by atoms with van der Waals surface area (Å²) < 4.78 is 5.12. The van der Waals surface area contributed by atoms with E-state index in [1.807, 2.05) is 24.3 Å². The highest BCUT2D eigenvalue weighted by atomic mass is 16.3. The van der Waals surface area contributed by atoms with Gasteiger partial charge in [-0.1, -0.05) is 24.3 Å². The summed E-state index contributed by atoms with van der Waals surface area (Å²) in [6, 6.07) is 9.07. The SMILES string of the molecule is Cc1occc1C(=O)N[C@H]1c2ccccc2C[C@H]1O. The van der Waals surface area contributed by atoms with Crippen LogP contribution in [0.1, 0.15) is 33.3 Å². The number of amides is 1. The fourth-order valence-electron chi connectivity index (χ4n) is 2.59. The van der Waals surface area contributed by atoms with Crippen LogP contribution in [0.5, 0.6) is 0 Å². The highest BCUT2D eigenvalue weighted by Gasteiger charge is 2.32. The predicted octanol–water partition coefficient (Wildman–Crippen LogP) is 1.98. The second-order valence-corrected chi connectivity index (χ2v) is 4.81. The number of aryl methyl sites for hydroxylation is 1. The van der Waals surface area contributed by atoms with Crippen molar-refractivity contribution in [1.82, 2.24) is 5.32 Å². The van der Waals surface area contributed by atoms with E-state index < -0.39 is 6.10 Å². The Hall–Kier alpha value is -2.07. The maximum Gasteiger partial charge on any atom is 0.255 e. The highest BCUT2D eigenvalue weighted by molar-refractivity contribution is 5.95. The summed E-state index contributed by atoms with van der Waals surface area (Å²) in [5.74, 6) is 0.366. The van der Waals surface area contributed by atoms with E-state index in [4.69, 9.17) is 4.42 Å². The zero-order valence-corrected chi connectivity index (χ0v) is 10.6. The van der Waals surface area contributed by atoms with Gasteiger partial charge in [0.1, 0.15) is 5.76 Å². The molecule has 19 heavy (non-hydrogen) atoms. The zero-order valence-electron chi connectivity index (χ0n) is 10.6. The van der Waals surface area contributed by atoms with Crippen LogP contribution in [0.4, 0.5) is 0 Å². The van der Waals surface area contributed by atoms with Crippen LogP contribution in [0.15, 0.2) is 41.0 Å². The molecule has 1 aliphatic rings. The summed E-state index contributed by atoms with van der Waals surface area (Å²) in [6.45, 7) is 1.74. The first-order valence-electron chi connectivity index (χ1n) is 6.27. The number of rotatable bonds is 2. The Morgan fingerprint density at radius 2 is 2.16 bits per heavy atom. The van der Waals surface area contributed by atoms with Crippen molar-refractivity contribution in [3.8, 4) is 0 Å². The Bertz CT molecular complexity index is 617. The number of hydrogen-bond acceptors (Lipinski definition) is 3. The molecule has 0 unspecified atom stereocenters. The smallest absolute Gasteiger partial charge is 0.255 e. The lowest BCUT2D eigenvalue weighted by Crippen LogP contribution is -2.33. The molecule has 1 aliphatic carbocycles. The molecule has 2 atom stereocenters. The van der Waals surface area contributed by atoms with Gasteiger partial charge in [-0.3, -0.25) is 4.79 Å². The van der Waals surface area contributed by atoms with Crippen LogP contribution in [0.25, 0.3) is 0 Å². The number of aliphatic hydroxyl groups is 1. The number of carbonyl (C=O) groups is 1. The number of fused-ring (bicyclic) bond motifs is 1. The largest absolute Gasteiger partial charge is 0.469 e. The quantitative estimate of drug-likeness (QED) is 0.864. The Kier molecular flexibility index (Phi) is 2.87. The van der Waals surface area contributed by atoms with Crippen molar-refractivity contribution in [2.24, 2.45) is 0 Å². The molecule has 0 fully saturated rings. The molecule has 0 saturated heterocycles. The highest BCUT2D eigenvalue weighted by Crippen LogP contribution is 2.31. The molecule has 3 rings (SSSR count). The van der Waals surface area contributed by atoms with Gasteiger partial charge in [0, 0.05) is 6.42 Å². The molecule has 1 heterocycles. The van der Waals surface area contributed by atoms with Crippen LogP contribution in [0.3, 0.4) is 0 Å². The van der Waals surface area contributed by atoms with Crippen molar-refractivity contribution in [3.63, 3.8) is 0 Å². The molecule has 1 aromatic carbocycles. The van der Waals surface area contributed by atoms with Crippen LogP contribution >= 0.6 is 0 Å². The molecular formula is C15H15NO3. The summed E-state index contributed by atoms with van der Waals surface area (Å²) in [5, 5.41) is 13.0. The van der Waals surface area contributed by atoms with Gasteiger partial charge in [0.25, 0.3) is 5.91 Å². The molecule has 2 N–H and O–H groups in total. The van der Waals surface area contributed by atoms with E-state index in [9.17, 15) is 9.90 Å². The average molecular weight is 257 g/mol. The van der Waals surface area contributed by atoms with Crippen molar-refractivity contribution < 1.29 is 14.3 Å². The minimum absolute atomic E-state index is 0.216. The average Bonchev–Trinajstić information content (AvgIpc) is 2.94. The van der Waals surface area contributed by atoms with Gasteiger partial charge in [0.2, 0.25) is 0 Å². The normalized spacial score (nSPS) is 21.2. The lowest BCUT2D eigenvalue weighted by atomic mass is 10.1. The van der Waals surface area contributed by atoms with Gasteiger partial charge in [-0.25, -0.2) is 0 Å². The minimum Gasteiger partial charge on any atom is -0.469 e. The molecular weight excluding hydrogens is 242 g/mol. The number of aliphatic hydroxyl groups excluding tert-OH is 1. The van der Waals surface area contributed by atoms with Crippen LogP contribution in [0.2, 0.25) is 0 Å². The van der Waals surface area contributed by atoms with Crippen molar-refractivity contribution in [1.29, 1.82) is 0 Å². The summed E-state index contributed by atoms with van der Waals surface area (Å²) >= 11 is 0. The molecule has 0 aliphatic heterocycles. The van der Waals surface area contributed by atoms with Crippen molar-refractivity contribution in [2.45, 2.75) is 25.5 Å². The van der Waals surface area contributed by atoms with Gasteiger partial charge >= 0.3 is 0 Å². The predicted molar refractivity (Wildman–Crippen MR) is 69.8 cm³/mol. The number of carbonyl (C=O) groups excluding carboxylic acids is 1. The molecule has 2 aromatic rings. The van der Waals surface area contributed by atoms with E-state index in [1.165, 1.54) is 6.26 Å². The van der Waals surface area contributed by atoms with Crippen LogP contribution in [0, 0.1) is 6.92 Å². The molecule has 0 saturated carbocycles. The molecule has 0 bridgehead atoms. The molecule has 4 heteroatoms. The Balaban J connectivity index is 1.84. The Morgan fingerprint density at radius 3 is 2.89 bits per heavy atom. The monoisotopic (exact) mass is 257 g/mol. The Labute approximate surface area is 111 Å². The van der Waals surface area contributed by atoms with Crippen molar-refractivity contribution >= 4 is 5.91 Å². The van der Waals surface area contributed by atoms with Crippen molar-refractivity contribution in [3.05, 3.63) is 59.0 Å². The van der Waals surface area contributed by atoms with E-state index in [0.717, 1.165) is 11.1 Å². The van der Waals surface area contributed by atoms with Gasteiger partial charge in [0.05, 0.1) is 24.0 Å². The number of hydrogen-bond donors (Lipinski definition) is 2. The third kappa shape index (κ3) is 2.04. The summed E-state index contributed by atoms with van der Waals surface area (Å²) in [7, 11) is 0. The maximum absolute atomic E-state index is 12.2. The lowest BCUT2D eigenvalue weighted by Gasteiger charge is -2.17. The maximum atomic E-state index is 12.2. The standard InChI is InChI=1S/C15H15NO3/c1-9-11(6-7-19-9)15(18)16-14-12-5-3-2-4-10(12)8-13(14)17/h2-7,13-14,17H,8H2,1H3,(H,16,18)/t13-,14+/m1/s1. The van der Waals surface area contributed by atoms with Gasteiger partial charge in [-0.05, 0) is 24.1 Å². The molecule has 1 aromatic heterocycles. The first kappa shape index (κ1) is 12.0. The van der Waals surface area contributed by atoms with Gasteiger partial charge < -0.3 is 14.8 Å². The summed E-state index contributed by atoms with van der Waals surface area (Å²) in [4.78, 5) is 12.2. The van der Waals surface area contributed by atoms with Crippen LogP contribution in [-0.2, 0) is 6.42 Å². The molecule has 0 radical (unpaired) electrons. The number of benzene rings is 1. The minimum atomic E-state index is -0.575. The van der Waals surface area contributed by atoms with E-state index >= 15 is 0 Å². The van der Waals surface area contributed by atoms with Gasteiger partial charge in [-0.2, -0.15) is 0 Å². The fraction of sp³-hybridized carbons (Fsp3) is 0.267. The zero-order chi connectivity index (χ0) is 13.4. The molecule has 4 nitrogen and oxygen atoms in total. The first-order valence-corrected chi connectivity index (χ1v) is 6.27. The van der Waals surface area contributed by atoms with Crippen LogP contribution in [-0.4, -0.2) is 17.1 Å². The summed E-state index contributed by atoms with van der Waals surface area (Å²) in [6.07, 6.45) is 1.49. The van der Waals surface area contributed by atoms with E-state index in [1.54, 1.807) is 13.0 Å².